The summed E-state index contributed by atoms with van der Waals surface area (Å²) in [7, 11) is 0. The van der Waals surface area contributed by atoms with Gasteiger partial charge in [0.05, 0.1) is 11.4 Å². The molecule has 5 heteroatoms. The number of ether oxygens (including phenoxy) is 1. The zero-order valence-corrected chi connectivity index (χ0v) is 15.0. The van der Waals surface area contributed by atoms with E-state index in [4.69, 9.17) is 27.9 Å². The van der Waals surface area contributed by atoms with Crippen LogP contribution in [0.2, 0.25) is 10.0 Å². The summed E-state index contributed by atoms with van der Waals surface area (Å²) in [6.45, 7) is 0.712. The number of halogens is 4. The smallest absolute Gasteiger partial charge is 0.127 e. The third-order valence-corrected chi connectivity index (χ3v) is 5.41. The Bertz CT molecular complexity index is 673. The highest BCUT2D eigenvalue weighted by Gasteiger charge is 2.24. The van der Waals surface area contributed by atoms with E-state index in [1.807, 2.05) is 30.3 Å². The van der Waals surface area contributed by atoms with Crippen LogP contribution in [0.3, 0.4) is 0 Å². The maximum atomic E-state index is 6.22. The van der Waals surface area contributed by atoms with E-state index in [1.54, 1.807) is 0 Å². The van der Waals surface area contributed by atoms with Gasteiger partial charge in [0.1, 0.15) is 5.75 Å². The lowest BCUT2D eigenvalue weighted by atomic mass is 10.0. The van der Waals surface area contributed by atoms with Crippen molar-refractivity contribution in [3.8, 4) is 5.75 Å². The van der Waals surface area contributed by atoms with Crippen molar-refractivity contribution in [2.24, 2.45) is 0 Å². The molecule has 0 aliphatic carbocycles. The van der Waals surface area contributed by atoms with Gasteiger partial charge in [-0.3, -0.25) is 0 Å². The molecule has 1 heterocycles. The SMILES string of the molecule is Clc1ccc(C(Br)c2cc(Cl)cc3c2OCC3)c(Br)c1. The summed E-state index contributed by atoms with van der Waals surface area (Å²) in [4.78, 5) is -0.000285. The molecule has 0 amide bonds. The second kappa shape index (κ2) is 5.88. The first-order chi connectivity index (χ1) is 9.56. The maximum absolute atomic E-state index is 6.22. The minimum absolute atomic E-state index is 0.000285. The molecule has 0 aromatic heterocycles. The minimum atomic E-state index is -0.000285. The van der Waals surface area contributed by atoms with E-state index in [1.165, 1.54) is 5.56 Å². The first-order valence-corrected chi connectivity index (χ1v) is 8.57. The lowest BCUT2D eigenvalue weighted by Crippen LogP contribution is -1.98. The fourth-order valence-electron chi connectivity index (χ4n) is 2.36. The van der Waals surface area contributed by atoms with Crippen LogP contribution in [0, 0.1) is 0 Å². The maximum Gasteiger partial charge on any atom is 0.127 e. The van der Waals surface area contributed by atoms with Crippen molar-refractivity contribution in [2.45, 2.75) is 11.2 Å². The number of rotatable bonds is 2. The number of hydrogen-bond donors (Lipinski definition) is 0. The molecule has 1 aliphatic rings. The van der Waals surface area contributed by atoms with Gasteiger partial charge in [-0.25, -0.2) is 0 Å². The van der Waals surface area contributed by atoms with Crippen LogP contribution in [0.15, 0.2) is 34.8 Å². The van der Waals surface area contributed by atoms with Gasteiger partial charge in [-0.2, -0.15) is 0 Å². The van der Waals surface area contributed by atoms with Crippen molar-refractivity contribution in [1.29, 1.82) is 0 Å². The molecule has 2 aromatic rings. The molecule has 1 atom stereocenters. The van der Waals surface area contributed by atoms with Gasteiger partial charge >= 0.3 is 0 Å². The lowest BCUT2D eigenvalue weighted by molar-refractivity contribution is 0.354. The molecular weight excluding hydrogens is 427 g/mol. The van der Waals surface area contributed by atoms with Gasteiger partial charge in [0.2, 0.25) is 0 Å². The molecule has 1 unspecified atom stereocenters. The van der Waals surface area contributed by atoms with Gasteiger partial charge in [-0.1, -0.05) is 61.1 Å². The van der Waals surface area contributed by atoms with Crippen molar-refractivity contribution < 1.29 is 4.74 Å². The minimum Gasteiger partial charge on any atom is -0.493 e. The van der Waals surface area contributed by atoms with E-state index in [-0.39, 0.29) is 4.83 Å². The number of hydrogen-bond acceptors (Lipinski definition) is 1. The van der Waals surface area contributed by atoms with E-state index in [2.05, 4.69) is 31.9 Å². The molecular formula is C15H10Br2Cl2O. The van der Waals surface area contributed by atoms with Crippen LogP contribution in [0.5, 0.6) is 5.75 Å². The Morgan fingerprint density at radius 2 is 1.85 bits per heavy atom. The molecule has 0 radical (unpaired) electrons. The van der Waals surface area contributed by atoms with Gasteiger partial charge in [-0.05, 0) is 35.4 Å². The molecule has 3 rings (SSSR count). The summed E-state index contributed by atoms with van der Waals surface area (Å²) < 4.78 is 6.72. The Balaban J connectivity index is 2.09. The average molecular weight is 437 g/mol. The van der Waals surface area contributed by atoms with Crippen molar-refractivity contribution in [3.63, 3.8) is 0 Å². The van der Waals surface area contributed by atoms with Gasteiger partial charge < -0.3 is 4.74 Å². The van der Waals surface area contributed by atoms with Gasteiger partial charge in [-0.15, -0.1) is 0 Å². The molecule has 0 saturated heterocycles. The molecule has 2 aromatic carbocycles. The van der Waals surface area contributed by atoms with E-state index in [0.29, 0.717) is 11.6 Å². The van der Waals surface area contributed by atoms with Crippen molar-refractivity contribution in [2.75, 3.05) is 6.61 Å². The topological polar surface area (TPSA) is 9.23 Å². The average Bonchev–Trinajstić information content (AvgIpc) is 2.85. The standard InChI is InChI=1S/C15H10Br2Cl2O/c16-13-7-9(18)1-2-11(13)14(17)12-6-10(19)5-8-3-4-20-15(8)12/h1-2,5-7,14H,3-4H2. The molecule has 1 nitrogen and oxygen atoms in total. The highest BCUT2D eigenvalue weighted by molar-refractivity contribution is 9.11. The van der Waals surface area contributed by atoms with E-state index in [9.17, 15) is 0 Å². The zero-order valence-electron chi connectivity index (χ0n) is 10.3. The van der Waals surface area contributed by atoms with Crippen LogP contribution >= 0.6 is 55.1 Å². The van der Waals surface area contributed by atoms with Crippen LogP contribution in [0.25, 0.3) is 0 Å². The predicted molar refractivity (Wildman–Crippen MR) is 90.6 cm³/mol. The third kappa shape index (κ3) is 2.74. The lowest BCUT2D eigenvalue weighted by Gasteiger charge is -2.16. The number of benzene rings is 2. The summed E-state index contributed by atoms with van der Waals surface area (Å²) in [5.74, 6) is 0.943. The Morgan fingerprint density at radius 3 is 2.60 bits per heavy atom. The molecule has 0 N–H and O–H groups in total. The van der Waals surface area contributed by atoms with Gasteiger partial charge in [0.25, 0.3) is 0 Å². The highest BCUT2D eigenvalue weighted by atomic mass is 79.9. The summed E-state index contributed by atoms with van der Waals surface area (Å²) in [6, 6.07) is 9.68. The van der Waals surface area contributed by atoms with Crippen molar-refractivity contribution >= 4 is 55.1 Å². The van der Waals surface area contributed by atoms with Crippen LogP contribution in [-0.4, -0.2) is 6.61 Å². The molecule has 1 aliphatic heterocycles. The summed E-state index contributed by atoms with van der Waals surface area (Å²) >= 11 is 19.5. The molecule has 0 saturated carbocycles. The molecule has 0 spiro atoms. The normalized spacial score (nSPS) is 14.8. The largest absolute Gasteiger partial charge is 0.493 e. The van der Waals surface area contributed by atoms with Crippen LogP contribution in [0.1, 0.15) is 21.5 Å². The fourth-order valence-corrected chi connectivity index (χ4v) is 4.57. The molecule has 20 heavy (non-hydrogen) atoms. The summed E-state index contributed by atoms with van der Waals surface area (Å²) in [6.07, 6.45) is 0.907. The summed E-state index contributed by atoms with van der Waals surface area (Å²) in [5, 5.41) is 1.44. The zero-order chi connectivity index (χ0) is 14.3. The fraction of sp³-hybridized carbons (Fsp3) is 0.200. The Labute approximate surface area is 144 Å². The second-order valence-corrected chi connectivity index (χ2v) is 7.25. The third-order valence-electron chi connectivity index (χ3n) is 3.29. The van der Waals surface area contributed by atoms with Crippen LogP contribution < -0.4 is 4.74 Å². The number of alkyl halides is 1. The Morgan fingerprint density at radius 1 is 1.05 bits per heavy atom. The predicted octanol–water partition coefficient (Wildman–Crippen LogP) is 6.18. The summed E-state index contributed by atoms with van der Waals surface area (Å²) in [5.41, 5.74) is 3.31. The first kappa shape index (κ1) is 14.7. The molecule has 0 fully saturated rings. The second-order valence-electron chi connectivity index (χ2n) is 4.61. The van der Waals surface area contributed by atoms with E-state index < -0.39 is 0 Å². The van der Waals surface area contributed by atoms with E-state index >= 15 is 0 Å². The molecule has 104 valence electrons. The van der Waals surface area contributed by atoms with Crippen LogP contribution in [0.4, 0.5) is 0 Å². The Kier molecular flexibility index (Phi) is 4.32. The first-order valence-electron chi connectivity index (χ1n) is 6.10. The quantitative estimate of drug-likeness (QED) is 0.511. The number of fused-ring (bicyclic) bond motifs is 1. The van der Waals surface area contributed by atoms with Crippen molar-refractivity contribution in [1.82, 2.24) is 0 Å². The van der Waals surface area contributed by atoms with Crippen molar-refractivity contribution in [3.05, 3.63) is 61.5 Å². The monoisotopic (exact) mass is 434 g/mol. The van der Waals surface area contributed by atoms with Crippen LogP contribution in [-0.2, 0) is 6.42 Å². The van der Waals surface area contributed by atoms with E-state index in [0.717, 1.165) is 32.8 Å². The van der Waals surface area contributed by atoms with Gasteiger partial charge in [0.15, 0.2) is 0 Å². The molecule has 0 bridgehead atoms. The van der Waals surface area contributed by atoms with Gasteiger partial charge in [0, 0.05) is 26.5 Å². The Hall–Kier alpha value is -0.220. The highest BCUT2D eigenvalue weighted by Crippen LogP contribution is 2.44.